The van der Waals surface area contributed by atoms with Gasteiger partial charge in [-0.1, -0.05) is 31.0 Å². The van der Waals surface area contributed by atoms with Crippen molar-refractivity contribution in [3.8, 4) is 11.5 Å². The van der Waals surface area contributed by atoms with Gasteiger partial charge < -0.3 is 24.2 Å². The number of amides is 2. The van der Waals surface area contributed by atoms with Crippen molar-refractivity contribution in [2.75, 3.05) is 32.6 Å². The van der Waals surface area contributed by atoms with Crippen LogP contribution in [0.4, 0.5) is 5.82 Å². The average molecular weight is 375 g/mol. The van der Waals surface area contributed by atoms with E-state index in [0.717, 1.165) is 19.3 Å². The number of carbonyl (C=O) groups excluding carboxylic acids is 2. The molecule has 27 heavy (non-hydrogen) atoms. The number of methoxy groups -OCH3 is 2. The van der Waals surface area contributed by atoms with E-state index >= 15 is 0 Å². The van der Waals surface area contributed by atoms with Crippen LogP contribution in [0.1, 0.15) is 36.5 Å². The molecule has 1 aromatic heterocycles. The fraction of sp³-hybridized carbons (Fsp3) is 0.421. The van der Waals surface area contributed by atoms with Crippen LogP contribution in [0, 0.1) is 0 Å². The van der Waals surface area contributed by atoms with Crippen molar-refractivity contribution >= 4 is 17.6 Å². The number of nitrogens with zero attached hydrogens (tertiary/aromatic N) is 2. The van der Waals surface area contributed by atoms with Crippen molar-refractivity contribution in [1.82, 2.24) is 10.1 Å². The Balaban J connectivity index is 2.22. The van der Waals surface area contributed by atoms with Crippen LogP contribution in [0.2, 0.25) is 0 Å². The van der Waals surface area contributed by atoms with E-state index in [-0.39, 0.29) is 18.4 Å². The first-order chi connectivity index (χ1) is 13.1. The fourth-order valence-electron chi connectivity index (χ4n) is 2.66. The highest BCUT2D eigenvalue weighted by atomic mass is 16.5. The Hall–Kier alpha value is -3.03. The zero-order chi connectivity index (χ0) is 19.6. The van der Waals surface area contributed by atoms with E-state index < -0.39 is 0 Å². The van der Waals surface area contributed by atoms with Gasteiger partial charge in [0.1, 0.15) is 29.9 Å². The standard InChI is InChI=1S/C19H25N3O5/c1-4-5-6-11-22(13-17(23)20-16-10-12-27-21-16)19(24)18-14(25-2)8-7-9-15(18)26-3/h7-10,12H,4-6,11,13H2,1-3H3,(H,20,21,23). The molecule has 0 aliphatic carbocycles. The second-order valence-corrected chi connectivity index (χ2v) is 5.90. The molecule has 146 valence electrons. The van der Waals surface area contributed by atoms with E-state index in [4.69, 9.17) is 14.0 Å². The average Bonchev–Trinajstić information content (AvgIpc) is 3.18. The second kappa shape index (κ2) is 10.2. The monoisotopic (exact) mass is 375 g/mol. The first-order valence-corrected chi connectivity index (χ1v) is 8.81. The van der Waals surface area contributed by atoms with Crippen LogP contribution in [0.3, 0.4) is 0 Å². The summed E-state index contributed by atoms with van der Waals surface area (Å²) < 4.78 is 15.3. The van der Waals surface area contributed by atoms with Crippen LogP contribution in [0.15, 0.2) is 35.1 Å². The van der Waals surface area contributed by atoms with Gasteiger partial charge in [-0.3, -0.25) is 9.59 Å². The van der Waals surface area contributed by atoms with E-state index in [1.165, 1.54) is 31.4 Å². The molecule has 8 nitrogen and oxygen atoms in total. The van der Waals surface area contributed by atoms with E-state index in [2.05, 4.69) is 17.4 Å². The first kappa shape index (κ1) is 20.3. The van der Waals surface area contributed by atoms with Gasteiger partial charge in [0.2, 0.25) is 5.91 Å². The summed E-state index contributed by atoms with van der Waals surface area (Å²) in [6.07, 6.45) is 4.11. The lowest BCUT2D eigenvalue weighted by molar-refractivity contribution is -0.117. The van der Waals surface area contributed by atoms with Crippen LogP contribution in [-0.4, -0.2) is 49.2 Å². The van der Waals surface area contributed by atoms with E-state index in [1.807, 2.05) is 0 Å². The Morgan fingerprint density at radius 2 is 1.85 bits per heavy atom. The summed E-state index contributed by atoms with van der Waals surface area (Å²) >= 11 is 0. The van der Waals surface area contributed by atoms with Crippen molar-refractivity contribution in [2.24, 2.45) is 0 Å². The molecule has 0 aliphatic heterocycles. The maximum Gasteiger partial charge on any atom is 0.261 e. The highest BCUT2D eigenvalue weighted by Gasteiger charge is 2.25. The fourth-order valence-corrected chi connectivity index (χ4v) is 2.66. The number of carbonyl (C=O) groups is 2. The molecule has 0 unspecified atom stereocenters. The summed E-state index contributed by atoms with van der Waals surface area (Å²) in [5.41, 5.74) is 0.299. The zero-order valence-corrected chi connectivity index (χ0v) is 15.9. The molecule has 2 amide bonds. The Morgan fingerprint density at radius 3 is 2.41 bits per heavy atom. The molecule has 0 fully saturated rings. The number of aromatic nitrogens is 1. The third kappa shape index (κ3) is 5.47. The molecule has 0 radical (unpaired) electrons. The van der Waals surface area contributed by atoms with Crippen LogP contribution in [0.25, 0.3) is 0 Å². The summed E-state index contributed by atoms with van der Waals surface area (Å²) in [6.45, 7) is 2.41. The number of hydrogen-bond donors (Lipinski definition) is 1. The lowest BCUT2D eigenvalue weighted by Gasteiger charge is -2.24. The van der Waals surface area contributed by atoms with Gasteiger partial charge in [-0.05, 0) is 18.6 Å². The van der Waals surface area contributed by atoms with Crippen molar-refractivity contribution in [1.29, 1.82) is 0 Å². The number of hydrogen-bond acceptors (Lipinski definition) is 6. The van der Waals surface area contributed by atoms with Crippen LogP contribution in [-0.2, 0) is 4.79 Å². The number of ether oxygens (including phenoxy) is 2. The summed E-state index contributed by atoms with van der Waals surface area (Å²) in [6, 6.07) is 6.66. The molecule has 1 aromatic carbocycles. The maximum absolute atomic E-state index is 13.2. The van der Waals surface area contributed by atoms with Gasteiger partial charge in [0.05, 0.1) is 14.2 Å². The normalized spacial score (nSPS) is 10.3. The molecule has 0 saturated carbocycles. The number of benzene rings is 1. The van der Waals surface area contributed by atoms with Gasteiger partial charge >= 0.3 is 0 Å². The second-order valence-electron chi connectivity index (χ2n) is 5.90. The molecule has 2 rings (SSSR count). The predicted molar refractivity (Wildman–Crippen MR) is 100 cm³/mol. The maximum atomic E-state index is 13.2. The van der Waals surface area contributed by atoms with E-state index in [9.17, 15) is 9.59 Å². The minimum absolute atomic E-state index is 0.114. The largest absolute Gasteiger partial charge is 0.496 e. The lowest BCUT2D eigenvalue weighted by atomic mass is 10.1. The molecule has 0 bridgehead atoms. The van der Waals surface area contributed by atoms with Crippen molar-refractivity contribution in [3.63, 3.8) is 0 Å². The van der Waals surface area contributed by atoms with Crippen molar-refractivity contribution < 1.29 is 23.6 Å². The minimum atomic E-state index is -0.359. The van der Waals surface area contributed by atoms with Gasteiger partial charge in [0.25, 0.3) is 5.91 Å². The SMILES string of the molecule is CCCCCN(CC(=O)Nc1ccon1)C(=O)c1c(OC)cccc1OC. The predicted octanol–water partition coefficient (Wildman–Crippen LogP) is 2.96. The number of nitrogens with one attached hydrogen (secondary N) is 1. The molecular weight excluding hydrogens is 350 g/mol. The molecule has 0 aliphatic rings. The Morgan fingerprint density at radius 1 is 1.15 bits per heavy atom. The third-order valence-corrected chi connectivity index (χ3v) is 4.00. The third-order valence-electron chi connectivity index (χ3n) is 4.00. The smallest absolute Gasteiger partial charge is 0.261 e. The number of anilines is 1. The molecule has 1 N–H and O–H groups in total. The zero-order valence-electron chi connectivity index (χ0n) is 15.9. The van der Waals surface area contributed by atoms with Gasteiger partial charge in [-0.15, -0.1) is 0 Å². The minimum Gasteiger partial charge on any atom is -0.496 e. The topological polar surface area (TPSA) is 93.9 Å². The molecule has 0 spiro atoms. The van der Waals surface area contributed by atoms with E-state index in [0.29, 0.717) is 29.4 Å². The van der Waals surface area contributed by atoms with Gasteiger partial charge in [0.15, 0.2) is 5.82 Å². The van der Waals surface area contributed by atoms with Crippen LogP contribution >= 0.6 is 0 Å². The summed E-state index contributed by atoms with van der Waals surface area (Å²) in [5, 5.41) is 6.25. The highest BCUT2D eigenvalue weighted by Crippen LogP contribution is 2.29. The van der Waals surface area contributed by atoms with Crippen molar-refractivity contribution in [3.05, 3.63) is 36.1 Å². The lowest BCUT2D eigenvalue weighted by Crippen LogP contribution is -2.39. The Bertz CT molecular complexity index is 724. The molecule has 1 heterocycles. The number of unbranched alkanes of at least 4 members (excludes halogenated alkanes) is 2. The molecule has 0 atom stereocenters. The summed E-state index contributed by atoms with van der Waals surface area (Å²) in [5.74, 6) is 0.419. The Labute approximate surface area is 158 Å². The molecule has 2 aromatic rings. The quantitative estimate of drug-likeness (QED) is 0.642. The first-order valence-electron chi connectivity index (χ1n) is 8.81. The Kier molecular flexibility index (Phi) is 7.66. The summed E-state index contributed by atoms with van der Waals surface area (Å²) in [7, 11) is 2.98. The number of rotatable bonds is 10. The van der Waals surface area contributed by atoms with Gasteiger partial charge in [0, 0.05) is 12.6 Å². The van der Waals surface area contributed by atoms with E-state index in [1.54, 1.807) is 18.2 Å². The highest BCUT2D eigenvalue weighted by molar-refractivity contribution is 6.02. The van der Waals surface area contributed by atoms with Crippen molar-refractivity contribution in [2.45, 2.75) is 26.2 Å². The molecule has 8 heteroatoms. The van der Waals surface area contributed by atoms with Crippen LogP contribution < -0.4 is 14.8 Å². The van der Waals surface area contributed by atoms with Crippen LogP contribution in [0.5, 0.6) is 11.5 Å². The molecule has 0 saturated heterocycles. The van der Waals surface area contributed by atoms with Gasteiger partial charge in [-0.2, -0.15) is 0 Å². The van der Waals surface area contributed by atoms with Gasteiger partial charge in [-0.25, -0.2) is 0 Å². The summed E-state index contributed by atoms with van der Waals surface area (Å²) in [4.78, 5) is 27.0. The molecular formula is C19H25N3O5.